The van der Waals surface area contributed by atoms with E-state index in [9.17, 15) is 9.59 Å². The molecule has 0 fully saturated rings. The number of anilines is 1. The number of hydrogen-bond acceptors (Lipinski definition) is 3. The van der Waals surface area contributed by atoms with Gasteiger partial charge in [0, 0.05) is 16.8 Å². The first-order valence-electron chi connectivity index (χ1n) is 10.1. The second-order valence-corrected chi connectivity index (χ2v) is 7.61. The largest absolute Gasteiger partial charge is 0.324 e. The van der Waals surface area contributed by atoms with E-state index in [1.54, 1.807) is 6.92 Å². The highest BCUT2D eigenvalue weighted by molar-refractivity contribution is 5.94. The third kappa shape index (κ3) is 3.73. The Morgan fingerprint density at radius 1 is 1.00 bits per heavy atom. The number of nitrogens with zero attached hydrogens (tertiary/aromatic N) is 2. The summed E-state index contributed by atoms with van der Waals surface area (Å²) >= 11 is 0. The van der Waals surface area contributed by atoms with E-state index in [2.05, 4.69) is 10.4 Å². The van der Waals surface area contributed by atoms with Gasteiger partial charge in [-0.2, -0.15) is 5.10 Å². The van der Waals surface area contributed by atoms with Crippen molar-refractivity contribution >= 4 is 11.6 Å². The first-order valence-corrected chi connectivity index (χ1v) is 10.1. The zero-order valence-corrected chi connectivity index (χ0v) is 16.8. The van der Waals surface area contributed by atoms with Crippen molar-refractivity contribution in [2.24, 2.45) is 0 Å². The summed E-state index contributed by atoms with van der Waals surface area (Å²) in [6.07, 6.45) is 3.64. The minimum Gasteiger partial charge on any atom is -0.324 e. The summed E-state index contributed by atoms with van der Waals surface area (Å²) in [4.78, 5) is 26.1. The van der Waals surface area contributed by atoms with E-state index in [0.29, 0.717) is 0 Å². The quantitative estimate of drug-likeness (QED) is 0.726. The fourth-order valence-electron chi connectivity index (χ4n) is 3.91. The minimum absolute atomic E-state index is 0.146. The van der Waals surface area contributed by atoms with Crippen LogP contribution in [0, 0.1) is 6.92 Å². The number of aromatic nitrogens is 2. The molecule has 1 aliphatic rings. The van der Waals surface area contributed by atoms with Crippen LogP contribution in [0.4, 0.5) is 5.69 Å². The predicted octanol–water partition coefficient (Wildman–Crippen LogP) is 4.30. The minimum atomic E-state index is -0.711. The first-order chi connectivity index (χ1) is 14.1. The molecule has 1 aliphatic carbocycles. The van der Waals surface area contributed by atoms with Crippen LogP contribution in [0.1, 0.15) is 42.5 Å². The smallest absolute Gasteiger partial charge is 0.271 e. The van der Waals surface area contributed by atoms with Crippen LogP contribution in [-0.4, -0.2) is 15.7 Å². The average molecular weight is 387 g/mol. The standard InChI is InChI=1S/C24H25N3O2/c1-16-10-6-9-15-21(16)25-23(28)17(2)27-24(29)20-14-8-7-13-19(20)22(26-27)18-11-4-3-5-12-18/h3-6,9-12,15,17H,7-8,13-14H2,1-2H3,(H,25,28). The second-order valence-electron chi connectivity index (χ2n) is 7.61. The van der Waals surface area contributed by atoms with Crippen molar-refractivity contribution in [3.8, 4) is 11.3 Å². The Bertz CT molecular complexity index is 1100. The fraction of sp³-hybridized carbons (Fsp3) is 0.292. The molecule has 1 amide bonds. The number of rotatable bonds is 4. The van der Waals surface area contributed by atoms with Crippen LogP contribution in [-0.2, 0) is 17.6 Å². The van der Waals surface area contributed by atoms with E-state index >= 15 is 0 Å². The van der Waals surface area contributed by atoms with Crippen LogP contribution < -0.4 is 10.9 Å². The highest BCUT2D eigenvalue weighted by Crippen LogP contribution is 2.28. The van der Waals surface area contributed by atoms with Crippen LogP contribution in [0.15, 0.2) is 59.4 Å². The molecule has 29 heavy (non-hydrogen) atoms. The molecule has 148 valence electrons. The Morgan fingerprint density at radius 2 is 1.66 bits per heavy atom. The molecule has 0 saturated carbocycles. The van der Waals surface area contributed by atoms with E-state index in [0.717, 1.165) is 59.3 Å². The number of nitrogens with one attached hydrogen (secondary N) is 1. The highest BCUT2D eigenvalue weighted by Gasteiger charge is 2.25. The van der Waals surface area contributed by atoms with Gasteiger partial charge in [-0.15, -0.1) is 0 Å². The maximum atomic E-state index is 13.2. The Labute approximate surface area is 170 Å². The predicted molar refractivity (Wildman–Crippen MR) is 115 cm³/mol. The molecule has 0 aliphatic heterocycles. The van der Waals surface area contributed by atoms with Gasteiger partial charge in [-0.25, -0.2) is 4.68 Å². The second kappa shape index (κ2) is 8.03. The van der Waals surface area contributed by atoms with E-state index in [1.807, 2.05) is 61.5 Å². The monoisotopic (exact) mass is 387 g/mol. The Hall–Kier alpha value is -3.21. The highest BCUT2D eigenvalue weighted by atomic mass is 16.2. The molecule has 0 radical (unpaired) electrons. The van der Waals surface area contributed by atoms with Crippen molar-refractivity contribution in [1.29, 1.82) is 0 Å². The van der Waals surface area contributed by atoms with Crippen molar-refractivity contribution in [2.45, 2.75) is 45.6 Å². The van der Waals surface area contributed by atoms with Gasteiger partial charge >= 0.3 is 0 Å². The Balaban J connectivity index is 1.76. The Kier molecular flexibility index (Phi) is 5.30. The van der Waals surface area contributed by atoms with Crippen molar-refractivity contribution in [3.63, 3.8) is 0 Å². The topological polar surface area (TPSA) is 64.0 Å². The van der Waals surface area contributed by atoms with Crippen molar-refractivity contribution in [3.05, 3.63) is 81.6 Å². The summed E-state index contributed by atoms with van der Waals surface area (Å²) in [7, 11) is 0. The molecule has 2 aromatic carbocycles. The van der Waals surface area contributed by atoms with Crippen molar-refractivity contribution < 1.29 is 4.79 Å². The lowest BCUT2D eigenvalue weighted by Crippen LogP contribution is -2.37. The van der Waals surface area contributed by atoms with Gasteiger partial charge in [0.15, 0.2) is 0 Å². The van der Waals surface area contributed by atoms with Gasteiger partial charge in [0.25, 0.3) is 5.56 Å². The molecule has 0 saturated heterocycles. The van der Waals surface area contributed by atoms with E-state index in [1.165, 1.54) is 4.68 Å². The molecule has 0 bridgehead atoms. The van der Waals surface area contributed by atoms with Crippen molar-refractivity contribution in [2.75, 3.05) is 5.32 Å². The maximum absolute atomic E-state index is 13.2. The summed E-state index contributed by atoms with van der Waals surface area (Å²) in [6, 6.07) is 16.8. The number of benzene rings is 2. The van der Waals surface area contributed by atoms with Crippen LogP contribution >= 0.6 is 0 Å². The van der Waals surface area contributed by atoms with Gasteiger partial charge in [-0.05, 0) is 56.7 Å². The summed E-state index contributed by atoms with van der Waals surface area (Å²) in [6.45, 7) is 3.67. The molecular weight excluding hydrogens is 362 g/mol. The number of amides is 1. The van der Waals surface area contributed by atoms with E-state index < -0.39 is 6.04 Å². The Morgan fingerprint density at radius 3 is 2.38 bits per heavy atom. The van der Waals surface area contributed by atoms with Gasteiger partial charge in [0.05, 0.1) is 5.69 Å². The van der Waals surface area contributed by atoms with E-state index in [-0.39, 0.29) is 11.5 Å². The third-order valence-corrected chi connectivity index (χ3v) is 5.62. The van der Waals surface area contributed by atoms with Gasteiger partial charge in [0.2, 0.25) is 5.91 Å². The molecule has 1 atom stereocenters. The van der Waals surface area contributed by atoms with E-state index in [4.69, 9.17) is 0 Å². The number of carbonyl (C=O) groups excluding carboxylic acids is 1. The van der Waals surface area contributed by atoms with Crippen LogP contribution in [0.2, 0.25) is 0 Å². The molecule has 4 rings (SSSR count). The molecule has 1 unspecified atom stereocenters. The van der Waals surface area contributed by atoms with Gasteiger partial charge < -0.3 is 5.32 Å². The number of fused-ring (bicyclic) bond motifs is 1. The summed E-state index contributed by atoms with van der Waals surface area (Å²) in [5.74, 6) is -0.247. The molecule has 5 nitrogen and oxygen atoms in total. The number of para-hydroxylation sites is 1. The zero-order chi connectivity index (χ0) is 20.4. The summed E-state index contributed by atoms with van der Waals surface area (Å²) in [5.41, 5.74) is 5.21. The zero-order valence-electron chi connectivity index (χ0n) is 16.8. The third-order valence-electron chi connectivity index (χ3n) is 5.62. The van der Waals surface area contributed by atoms with Gasteiger partial charge in [-0.1, -0.05) is 48.5 Å². The normalized spacial score (nSPS) is 14.1. The van der Waals surface area contributed by atoms with Gasteiger partial charge in [0.1, 0.15) is 6.04 Å². The lowest BCUT2D eigenvalue weighted by atomic mass is 9.89. The summed E-state index contributed by atoms with van der Waals surface area (Å²) in [5, 5.41) is 7.62. The lowest BCUT2D eigenvalue weighted by molar-refractivity contribution is -0.119. The SMILES string of the molecule is Cc1ccccc1NC(=O)C(C)n1nc(-c2ccccc2)c2c(c1=O)CCCC2. The molecule has 3 aromatic rings. The number of hydrogen-bond donors (Lipinski definition) is 1. The van der Waals surface area contributed by atoms with Crippen LogP contribution in [0.3, 0.4) is 0 Å². The molecule has 1 heterocycles. The molecule has 5 heteroatoms. The molecular formula is C24H25N3O2. The number of aryl methyl sites for hydroxylation is 1. The van der Waals surface area contributed by atoms with Gasteiger partial charge in [-0.3, -0.25) is 9.59 Å². The first kappa shape index (κ1) is 19.1. The van der Waals surface area contributed by atoms with Crippen LogP contribution in [0.25, 0.3) is 11.3 Å². The fourth-order valence-corrected chi connectivity index (χ4v) is 3.91. The van der Waals surface area contributed by atoms with Crippen molar-refractivity contribution in [1.82, 2.24) is 9.78 Å². The van der Waals surface area contributed by atoms with Crippen LogP contribution in [0.5, 0.6) is 0 Å². The lowest BCUT2D eigenvalue weighted by Gasteiger charge is -2.22. The average Bonchev–Trinajstić information content (AvgIpc) is 2.76. The maximum Gasteiger partial charge on any atom is 0.271 e. The molecule has 1 N–H and O–H groups in total. The molecule has 0 spiro atoms. The number of carbonyl (C=O) groups is 1. The molecule has 1 aromatic heterocycles. The summed E-state index contributed by atoms with van der Waals surface area (Å²) < 4.78 is 1.36.